The molecule has 0 aromatic carbocycles. The van der Waals surface area contributed by atoms with Gasteiger partial charge in [-0.25, -0.2) is 0 Å². The second-order valence-corrected chi connectivity index (χ2v) is 4.02. The fourth-order valence-electron chi connectivity index (χ4n) is 1.61. The van der Waals surface area contributed by atoms with Gasteiger partial charge in [0.05, 0.1) is 11.8 Å². The molecule has 0 spiro atoms. The van der Waals surface area contributed by atoms with E-state index in [9.17, 15) is 5.11 Å². The summed E-state index contributed by atoms with van der Waals surface area (Å²) in [5.74, 6) is 0. The van der Waals surface area contributed by atoms with Gasteiger partial charge in [-0.05, 0) is 46.8 Å². The van der Waals surface area contributed by atoms with Crippen LogP contribution in [0.1, 0.15) is 30.2 Å². The van der Waals surface area contributed by atoms with E-state index in [-0.39, 0.29) is 6.10 Å². The molecule has 12 heavy (non-hydrogen) atoms. The second-order valence-electron chi connectivity index (χ2n) is 3.11. The molecule has 0 aliphatic heterocycles. The van der Waals surface area contributed by atoms with Crippen molar-refractivity contribution in [2.24, 2.45) is 0 Å². The molecule has 2 nitrogen and oxygen atoms in total. The van der Waals surface area contributed by atoms with E-state index in [1.54, 1.807) is 6.20 Å². The van der Waals surface area contributed by atoms with Crippen LogP contribution in [0.3, 0.4) is 0 Å². The molecule has 0 saturated carbocycles. The minimum atomic E-state index is -0.346. The third-order valence-electron chi connectivity index (χ3n) is 2.21. The minimum Gasteiger partial charge on any atom is -0.387 e. The van der Waals surface area contributed by atoms with Crippen molar-refractivity contribution in [1.82, 2.24) is 4.98 Å². The average Bonchev–Trinajstić information content (AvgIpc) is 2.04. The van der Waals surface area contributed by atoms with Gasteiger partial charge >= 0.3 is 0 Å². The van der Waals surface area contributed by atoms with E-state index >= 15 is 0 Å². The molecule has 64 valence electrons. The molecule has 1 heterocycles. The second kappa shape index (κ2) is 3.15. The van der Waals surface area contributed by atoms with E-state index < -0.39 is 0 Å². The van der Waals surface area contributed by atoms with Gasteiger partial charge in [0.1, 0.15) is 0 Å². The normalized spacial score (nSPS) is 22.0. The summed E-state index contributed by atoms with van der Waals surface area (Å²) < 4.78 is 0.996. The van der Waals surface area contributed by atoms with Crippen LogP contribution >= 0.6 is 15.9 Å². The standard InChI is InChI=1S/C9H10BrNO/c10-7-4-6-2-1-3-8(12)9(6)11-5-7/h4-5,8,12H,1-3H2/t8-/m1/s1. The quantitative estimate of drug-likeness (QED) is 0.738. The number of aryl methyl sites for hydroxylation is 1. The van der Waals surface area contributed by atoms with Gasteiger partial charge in [0, 0.05) is 10.7 Å². The van der Waals surface area contributed by atoms with Gasteiger partial charge < -0.3 is 5.11 Å². The van der Waals surface area contributed by atoms with Crippen molar-refractivity contribution >= 4 is 15.9 Å². The van der Waals surface area contributed by atoms with Crippen molar-refractivity contribution in [3.8, 4) is 0 Å². The Balaban J connectivity index is 2.46. The summed E-state index contributed by atoms with van der Waals surface area (Å²) in [5, 5.41) is 9.57. The van der Waals surface area contributed by atoms with Crippen molar-refractivity contribution in [2.75, 3.05) is 0 Å². The Bertz CT molecular complexity index is 301. The van der Waals surface area contributed by atoms with E-state index in [2.05, 4.69) is 20.9 Å². The van der Waals surface area contributed by atoms with Crippen molar-refractivity contribution in [2.45, 2.75) is 25.4 Å². The van der Waals surface area contributed by atoms with Crippen LogP contribution in [0.2, 0.25) is 0 Å². The summed E-state index contributed by atoms with van der Waals surface area (Å²) in [6.45, 7) is 0. The maximum Gasteiger partial charge on any atom is 0.0962 e. The Hall–Kier alpha value is -0.410. The Morgan fingerprint density at radius 1 is 1.58 bits per heavy atom. The van der Waals surface area contributed by atoms with Crippen LogP contribution in [0.15, 0.2) is 16.7 Å². The molecule has 0 unspecified atom stereocenters. The lowest BCUT2D eigenvalue weighted by molar-refractivity contribution is 0.151. The van der Waals surface area contributed by atoms with Gasteiger partial charge in [-0.2, -0.15) is 0 Å². The van der Waals surface area contributed by atoms with E-state index in [1.165, 1.54) is 5.56 Å². The van der Waals surface area contributed by atoms with Gasteiger partial charge in [-0.15, -0.1) is 0 Å². The molecule has 0 bridgehead atoms. The highest BCUT2D eigenvalue weighted by atomic mass is 79.9. The number of aliphatic hydroxyl groups is 1. The van der Waals surface area contributed by atoms with Crippen molar-refractivity contribution < 1.29 is 5.11 Å². The first kappa shape index (κ1) is 8.20. The van der Waals surface area contributed by atoms with Crippen LogP contribution in [0, 0.1) is 0 Å². The zero-order chi connectivity index (χ0) is 8.55. The summed E-state index contributed by atoms with van der Waals surface area (Å²) >= 11 is 3.37. The van der Waals surface area contributed by atoms with E-state index in [4.69, 9.17) is 0 Å². The van der Waals surface area contributed by atoms with Crippen molar-refractivity contribution in [1.29, 1.82) is 0 Å². The maximum absolute atomic E-state index is 9.57. The maximum atomic E-state index is 9.57. The first-order valence-corrected chi connectivity index (χ1v) is 4.89. The van der Waals surface area contributed by atoms with Gasteiger partial charge in [0.25, 0.3) is 0 Å². The fraction of sp³-hybridized carbons (Fsp3) is 0.444. The summed E-state index contributed by atoms with van der Waals surface area (Å²) in [4.78, 5) is 4.20. The summed E-state index contributed by atoms with van der Waals surface area (Å²) in [6.07, 6.45) is 4.35. The number of nitrogens with zero attached hydrogens (tertiary/aromatic N) is 1. The predicted molar refractivity (Wildman–Crippen MR) is 49.8 cm³/mol. The molecule has 1 aliphatic carbocycles. The first-order chi connectivity index (χ1) is 5.77. The van der Waals surface area contributed by atoms with Gasteiger partial charge in [0.2, 0.25) is 0 Å². The molecule has 1 aliphatic rings. The van der Waals surface area contributed by atoms with Crippen LogP contribution < -0.4 is 0 Å². The summed E-state index contributed by atoms with van der Waals surface area (Å²) in [7, 11) is 0. The molecule has 1 aromatic heterocycles. The summed E-state index contributed by atoms with van der Waals surface area (Å²) in [6, 6.07) is 2.05. The zero-order valence-corrected chi connectivity index (χ0v) is 8.21. The van der Waals surface area contributed by atoms with Crippen molar-refractivity contribution in [3.63, 3.8) is 0 Å². The van der Waals surface area contributed by atoms with Crippen molar-refractivity contribution in [3.05, 3.63) is 28.0 Å². The van der Waals surface area contributed by atoms with Gasteiger partial charge in [0.15, 0.2) is 0 Å². The van der Waals surface area contributed by atoms with E-state index in [0.717, 1.165) is 29.4 Å². The zero-order valence-electron chi connectivity index (χ0n) is 6.63. The molecule has 1 aromatic rings. The smallest absolute Gasteiger partial charge is 0.0962 e. The highest BCUT2D eigenvalue weighted by molar-refractivity contribution is 9.10. The first-order valence-electron chi connectivity index (χ1n) is 4.10. The molecule has 0 amide bonds. The van der Waals surface area contributed by atoms with Gasteiger partial charge in [-0.1, -0.05) is 0 Å². The monoisotopic (exact) mass is 227 g/mol. The number of pyridine rings is 1. The van der Waals surface area contributed by atoms with Crippen LogP contribution in [0.25, 0.3) is 0 Å². The molecule has 0 radical (unpaired) electrons. The van der Waals surface area contributed by atoms with Crippen LogP contribution in [0.4, 0.5) is 0 Å². The lowest BCUT2D eigenvalue weighted by Gasteiger charge is -2.19. The number of fused-ring (bicyclic) bond motifs is 1. The van der Waals surface area contributed by atoms with Crippen LogP contribution in [-0.2, 0) is 6.42 Å². The highest BCUT2D eigenvalue weighted by Gasteiger charge is 2.18. The Kier molecular flexibility index (Phi) is 2.15. The fourth-order valence-corrected chi connectivity index (χ4v) is 1.99. The molecule has 1 N–H and O–H groups in total. The van der Waals surface area contributed by atoms with Crippen LogP contribution in [-0.4, -0.2) is 10.1 Å². The van der Waals surface area contributed by atoms with Gasteiger partial charge in [-0.3, -0.25) is 4.98 Å². The molecular weight excluding hydrogens is 218 g/mol. The van der Waals surface area contributed by atoms with Crippen LogP contribution in [0.5, 0.6) is 0 Å². The molecule has 0 fully saturated rings. The molecule has 3 heteroatoms. The molecule has 0 saturated heterocycles. The highest BCUT2D eigenvalue weighted by Crippen LogP contribution is 2.29. The number of hydrogen-bond donors (Lipinski definition) is 1. The molecular formula is C9H10BrNO. The molecule has 2 rings (SSSR count). The number of aromatic nitrogens is 1. The number of aliphatic hydroxyl groups excluding tert-OH is 1. The van der Waals surface area contributed by atoms with E-state index in [1.807, 2.05) is 6.07 Å². The largest absolute Gasteiger partial charge is 0.387 e. The Morgan fingerprint density at radius 2 is 2.42 bits per heavy atom. The summed E-state index contributed by atoms with van der Waals surface area (Å²) in [5.41, 5.74) is 2.05. The third kappa shape index (κ3) is 1.39. The SMILES string of the molecule is O[C@@H]1CCCc2cc(Br)cnc21. The number of rotatable bonds is 0. The predicted octanol–water partition coefficient (Wildman–Crippen LogP) is 2.21. The lowest BCUT2D eigenvalue weighted by atomic mass is 9.94. The third-order valence-corrected chi connectivity index (χ3v) is 2.64. The Labute approximate surface area is 79.8 Å². The minimum absolute atomic E-state index is 0.346. The van der Waals surface area contributed by atoms with E-state index in [0.29, 0.717) is 0 Å². The average molecular weight is 228 g/mol. The lowest BCUT2D eigenvalue weighted by Crippen LogP contribution is -2.10. The Morgan fingerprint density at radius 3 is 3.25 bits per heavy atom. The molecule has 1 atom stereocenters. The number of hydrogen-bond acceptors (Lipinski definition) is 2. The number of halogens is 1. The topological polar surface area (TPSA) is 33.1 Å².